The Balaban J connectivity index is 2.28. The van der Waals surface area contributed by atoms with Gasteiger partial charge < -0.3 is 5.11 Å². The SMILES string of the molecule is CCNC(CSc1nc(C)cs1)(C(=O)O)c1ccccc1. The van der Waals surface area contributed by atoms with Crippen molar-refractivity contribution in [2.75, 3.05) is 12.3 Å². The number of carboxylic acids is 1. The number of carbonyl (C=O) groups is 1. The van der Waals surface area contributed by atoms with Crippen LogP contribution in [0.1, 0.15) is 18.2 Å². The number of aromatic nitrogens is 1. The molecule has 0 saturated carbocycles. The van der Waals surface area contributed by atoms with E-state index in [0.717, 1.165) is 15.6 Å². The Morgan fingerprint density at radius 3 is 2.67 bits per heavy atom. The zero-order valence-electron chi connectivity index (χ0n) is 12.0. The molecular formula is C15H18N2O2S2. The number of hydrogen-bond acceptors (Lipinski definition) is 5. The number of nitrogens with zero attached hydrogens (tertiary/aromatic N) is 1. The summed E-state index contributed by atoms with van der Waals surface area (Å²) in [5.41, 5.74) is 0.631. The maximum Gasteiger partial charge on any atom is 0.329 e. The smallest absolute Gasteiger partial charge is 0.329 e. The van der Waals surface area contributed by atoms with E-state index in [1.54, 1.807) is 11.3 Å². The summed E-state index contributed by atoms with van der Waals surface area (Å²) in [6, 6.07) is 9.32. The lowest BCUT2D eigenvalue weighted by Crippen LogP contribution is -2.51. The van der Waals surface area contributed by atoms with E-state index in [0.29, 0.717) is 12.3 Å². The van der Waals surface area contributed by atoms with Crippen LogP contribution in [0.4, 0.5) is 0 Å². The van der Waals surface area contributed by atoms with Crippen molar-refractivity contribution in [3.05, 3.63) is 47.0 Å². The first kappa shape index (κ1) is 16.0. The Morgan fingerprint density at radius 2 is 2.14 bits per heavy atom. The summed E-state index contributed by atoms with van der Waals surface area (Å²) >= 11 is 3.02. The molecule has 0 aliphatic carbocycles. The van der Waals surface area contributed by atoms with Crippen molar-refractivity contribution in [2.45, 2.75) is 23.7 Å². The summed E-state index contributed by atoms with van der Waals surface area (Å²) in [7, 11) is 0. The Labute approximate surface area is 132 Å². The molecule has 0 saturated heterocycles. The van der Waals surface area contributed by atoms with Crippen LogP contribution in [0.15, 0.2) is 40.1 Å². The third-order valence-electron chi connectivity index (χ3n) is 3.12. The minimum absolute atomic E-state index is 0.396. The van der Waals surface area contributed by atoms with Gasteiger partial charge in [-0.05, 0) is 19.0 Å². The van der Waals surface area contributed by atoms with Gasteiger partial charge in [0.15, 0.2) is 5.54 Å². The van der Waals surface area contributed by atoms with Crippen molar-refractivity contribution < 1.29 is 9.90 Å². The van der Waals surface area contributed by atoms with Crippen LogP contribution in [-0.2, 0) is 10.3 Å². The fourth-order valence-corrected chi connectivity index (χ4v) is 4.15. The summed E-state index contributed by atoms with van der Waals surface area (Å²) in [6.45, 7) is 4.43. The molecule has 21 heavy (non-hydrogen) atoms. The molecule has 112 valence electrons. The van der Waals surface area contributed by atoms with Crippen molar-refractivity contribution in [1.29, 1.82) is 0 Å². The van der Waals surface area contributed by atoms with E-state index in [2.05, 4.69) is 10.3 Å². The van der Waals surface area contributed by atoms with E-state index in [4.69, 9.17) is 0 Å². The number of thiazole rings is 1. The van der Waals surface area contributed by atoms with Crippen LogP contribution >= 0.6 is 23.1 Å². The van der Waals surface area contributed by atoms with Crippen molar-refractivity contribution >= 4 is 29.1 Å². The van der Waals surface area contributed by atoms with Crippen molar-refractivity contribution in [3.8, 4) is 0 Å². The van der Waals surface area contributed by atoms with Gasteiger partial charge in [0.1, 0.15) is 4.34 Å². The predicted molar refractivity (Wildman–Crippen MR) is 87.0 cm³/mol. The van der Waals surface area contributed by atoms with Gasteiger partial charge in [0.05, 0.1) is 0 Å². The molecule has 2 aromatic rings. The van der Waals surface area contributed by atoms with E-state index in [-0.39, 0.29) is 0 Å². The Hall–Kier alpha value is -1.37. The Morgan fingerprint density at radius 1 is 1.43 bits per heavy atom. The lowest BCUT2D eigenvalue weighted by Gasteiger charge is -2.30. The number of likely N-dealkylation sites (N-methyl/N-ethyl adjacent to an activating group) is 1. The molecule has 0 aliphatic rings. The lowest BCUT2D eigenvalue weighted by atomic mass is 9.92. The number of hydrogen-bond donors (Lipinski definition) is 2. The molecule has 0 radical (unpaired) electrons. The summed E-state index contributed by atoms with van der Waals surface area (Å²) in [4.78, 5) is 16.3. The summed E-state index contributed by atoms with van der Waals surface area (Å²) in [5.74, 6) is -0.469. The monoisotopic (exact) mass is 322 g/mol. The second-order valence-corrected chi connectivity index (χ2v) is 6.73. The third-order valence-corrected chi connectivity index (χ3v) is 5.43. The van der Waals surface area contributed by atoms with Crippen LogP contribution in [0.5, 0.6) is 0 Å². The topological polar surface area (TPSA) is 62.2 Å². The molecule has 0 bridgehead atoms. The van der Waals surface area contributed by atoms with Gasteiger partial charge in [0, 0.05) is 16.8 Å². The molecule has 1 aromatic heterocycles. The largest absolute Gasteiger partial charge is 0.480 e. The molecule has 1 unspecified atom stereocenters. The van der Waals surface area contributed by atoms with Crippen molar-refractivity contribution in [3.63, 3.8) is 0 Å². The maximum atomic E-state index is 11.9. The molecule has 1 heterocycles. The molecule has 6 heteroatoms. The Kier molecular flexibility index (Phi) is 5.39. The van der Waals surface area contributed by atoms with Crippen LogP contribution < -0.4 is 5.32 Å². The van der Waals surface area contributed by atoms with Gasteiger partial charge in [-0.1, -0.05) is 49.0 Å². The van der Waals surface area contributed by atoms with Gasteiger partial charge in [-0.3, -0.25) is 5.32 Å². The molecule has 0 aliphatic heterocycles. The average molecular weight is 322 g/mol. The highest BCUT2D eigenvalue weighted by Crippen LogP contribution is 2.31. The number of aliphatic carboxylic acids is 1. The second-order valence-electron chi connectivity index (χ2n) is 4.65. The number of carboxylic acid groups (broad SMARTS) is 1. The van der Waals surface area contributed by atoms with E-state index in [1.165, 1.54) is 11.8 Å². The normalized spacial score (nSPS) is 13.8. The maximum absolute atomic E-state index is 11.9. The number of benzene rings is 1. The van der Waals surface area contributed by atoms with Gasteiger partial charge in [-0.15, -0.1) is 11.3 Å². The van der Waals surface area contributed by atoms with E-state index < -0.39 is 11.5 Å². The van der Waals surface area contributed by atoms with Crippen molar-refractivity contribution in [1.82, 2.24) is 10.3 Å². The first-order valence-corrected chi connectivity index (χ1v) is 8.54. The fourth-order valence-electron chi connectivity index (χ4n) is 2.09. The second kappa shape index (κ2) is 7.06. The molecule has 1 atom stereocenters. The van der Waals surface area contributed by atoms with E-state index >= 15 is 0 Å². The number of thioether (sulfide) groups is 1. The van der Waals surface area contributed by atoms with Crippen LogP contribution in [-0.4, -0.2) is 28.4 Å². The molecule has 0 amide bonds. The number of nitrogens with one attached hydrogen (secondary N) is 1. The zero-order valence-corrected chi connectivity index (χ0v) is 13.6. The van der Waals surface area contributed by atoms with Gasteiger partial charge in [-0.2, -0.15) is 0 Å². The molecule has 2 rings (SSSR count). The van der Waals surface area contributed by atoms with Crippen LogP contribution in [0.2, 0.25) is 0 Å². The molecule has 0 spiro atoms. The van der Waals surface area contributed by atoms with E-state index in [9.17, 15) is 9.90 Å². The third kappa shape index (κ3) is 3.64. The summed E-state index contributed by atoms with van der Waals surface area (Å²) in [5, 5.41) is 14.9. The zero-order chi connectivity index (χ0) is 15.3. The standard InChI is InChI=1S/C15H18N2O2S2/c1-3-16-15(13(18)19,12-7-5-4-6-8-12)10-21-14-17-11(2)9-20-14/h4-9,16H,3,10H2,1-2H3,(H,18,19). The minimum atomic E-state index is -1.10. The van der Waals surface area contributed by atoms with Crippen LogP contribution in [0.25, 0.3) is 0 Å². The average Bonchev–Trinajstić information content (AvgIpc) is 2.90. The van der Waals surface area contributed by atoms with Crippen molar-refractivity contribution in [2.24, 2.45) is 0 Å². The van der Waals surface area contributed by atoms with Gasteiger partial charge in [-0.25, -0.2) is 9.78 Å². The first-order chi connectivity index (χ1) is 10.1. The highest BCUT2D eigenvalue weighted by Gasteiger charge is 2.39. The molecule has 2 N–H and O–H groups in total. The molecule has 4 nitrogen and oxygen atoms in total. The first-order valence-electron chi connectivity index (χ1n) is 6.67. The number of aryl methyl sites for hydroxylation is 1. The molecule has 1 aromatic carbocycles. The Bertz CT molecular complexity index is 601. The van der Waals surface area contributed by atoms with Gasteiger partial charge in [0.25, 0.3) is 0 Å². The summed E-state index contributed by atoms with van der Waals surface area (Å²) in [6.07, 6.45) is 0. The minimum Gasteiger partial charge on any atom is -0.480 e. The molecule has 0 fully saturated rings. The number of rotatable bonds is 7. The summed E-state index contributed by atoms with van der Waals surface area (Å²) < 4.78 is 0.895. The molecular weight excluding hydrogens is 304 g/mol. The fraction of sp³-hybridized carbons (Fsp3) is 0.333. The van der Waals surface area contributed by atoms with E-state index in [1.807, 2.05) is 49.6 Å². The van der Waals surface area contributed by atoms with Gasteiger partial charge >= 0.3 is 5.97 Å². The van der Waals surface area contributed by atoms with Gasteiger partial charge in [0.2, 0.25) is 0 Å². The van der Waals surface area contributed by atoms with Crippen LogP contribution in [0, 0.1) is 6.92 Å². The lowest BCUT2D eigenvalue weighted by molar-refractivity contribution is -0.144. The highest BCUT2D eigenvalue weighted by molar-refractivity contribution is 8.01. The highest BCUT2D eigenvalue weighted by atomic mass is 32.2. The van der Waals surface area contributed by atoms with Crippen LogP contribution in [0.3, 0.4) is 0 Å². The quantitative estimate of drug-likeness (QED) is 0.767. The predicted octanol–water partition coefficient (Wildman–Crippen LogP) is 3.13.